The van der Waals surface area contributed by atoms with Crippen molar-refractivity contribution < 1.29 is 4.79 Å². The molecule has 1 amide bonds. The lowest BCUT2D eigenvalue weighted by molar-refractivity contribution is -0.124. The number of nitrogens with two attached hydrogens (primary N) is 1. The van der Waals surface area contributed by atoms with Crippen molar-refractivity contribution in [2.75, 3.05) is 6.54 Å². The fourth-order valence-corrected chi connectivity index (χ4v) is 3.64. The Morgan fingerprint density at radius 3 is 2.52 bits per heavy atom. The van der Waals surface area contributed by atoms with Gasteiger partial charge in [-0.1, -0.05) is 43.5 Å². The summed E-state index contributed by atoms with van der Waals surface area (Å²) >= 11 is 0. The summed E-state index contributed by atoms with van der Waals surface area (Å²) in [7, 11) is 0. The predicted molar refractivity (Wildman–Crippen MR) is 98.9 cm³/mol. The zero-order valence-electron chi connectivity index (χ0n) is 14.4. The number of rotatable bonds is 6. The molecule has 0 spiro atoms. The Morgan fingerprint density at radius 1 is 1.26 bits per heavy atom. The maximum Gasteiger partial charge on any atom is 0.220 e. The van der Waals surface area contributed by atoms with Crippen LogP contribution in [0, 0.1) is 12.3 Å². The summed E-state index contributed by atoms with van der Waals surface area (Å²) in [6, 6.07) is 8.53. The van der Waals surface area contributed by atoms with Crippen molar-refractivity contribution in [3.63, 3.8) is 0 Å². The molecule has 0 aromatic heterocycles. The van der Waals surface area contributed by atoms with E-state index in [4.69, 9.17) is 5.73 Å². The minimum absolute atomic E-state index is 0. The number of carbonyl (C=O) groups excluding carboxylic acids is 1. The van der Waals surface area contributed by atoms with Gasteiger partial charge in [0, 0.05) is 12.5 Å². The second-order valence-electron chi connectivity index (χ2n) is 7.04. The molecular weight excluding hydrogens is 308 g/mol. The summed E-state index contributed by atoms with van der Waals surface area (Å²) in [6.45, 7) is 4.84. The molecule has 23 heavy (non-hydrogen) atoms. The Hall–Kier alpha value is -1.06. The molecule has 0 bridgehead atoms. The smallest absolute Gasteiger partial charge is 0.220 e. The fourth-order valence-electron chi connectivity index (χ4n) is 3.64. The summed E-state index contributed by atoms with van der Waals surface area (Å²) in [5, 5.41) is 3.17. The average Bonchev–Trinajstić information content (AvgIpc) is 2.50. The fraction of sp³-hybridized carbons (Fsp3) is 0.632. The Kier molecular flexibility index (Phi) is 8.07. The van der Waals surface area contributed by atoms with E-state index in [0.717, 1.165) is 19.3 Å². The van der Waals surface area contributed by atoms with E-state index in [1.54, 1.807) is 0 Å². The number of nitrogens with one attached hydrogen (secondary N) is 1. The van der Waals surface area contributed by atoms with Crippen molar-refractivity contribution in [3.05, 3.63) is 35.4 Å². The molecule has 1 aromatic rings. The third-order valence-electron chi connectivity index (χ3n) is 5.08. The molecule has 1 fully saturated rings. The first-order valence-electron chi connectivity index (χ1n) is 8.59. The van der Waals surface area contributed by atoms with Gasteiger partial charge in [-0.15, -0.1) is 12.4 Å². The van der Waals surface area contributed by atoms with Crippen LogP contribution in [0.2, 0.25) is 0 Å². The highest BCUT2D eigenvalue weighted by Crippen LogP contribution is 2.38. The lowest BCUT2D eigenvalue weighted by Gasteiger charge is -2.36. The first-order valence-corrected chi connectivity index (χ1v) is 8.59. The maximum absolute atomic E-state index is 12.4. The van der Waals surface area contributed by atoms with E-state index in [0.29, 0.717) is 13.0 Å². The topological polar surface area (TPSA) is 55.1 Å². The van der Waals surface area contributed by atoms with Gasteiger partial charge in [-0.05, 0) is 56.2 Å². The first-order chi connectivity index (χ1) is 10.5. The number of carbonyl (C=O) groups is 1. The van der Waals surface area contributed by atoms with Gasteiger partial charge in [-0.3, -0.25) is 4.79 Å². The lowest BCUT2D eigenvalue weighted by atomic mass is 9.71. The van der Waals surface area contributed by atoms with Crippen LogP contribution in [-0.4, -0.2) is 18.5 Å². The van der Waals surface area contributed by atoms with E-state index in [2.05, 4.69) is 43.4 Å². The molecule has 0 heterocycles. The van der Waals surface area contributed by atoms with E-state index >= 15 is 0 Å². The van der Waals surface area contributed by atoms with Crippen LogP contribution in [0.3, 0.4) is 0 Å². The van der Waals surface area contributed by atoms with Crippen LogP contribution in [0.15, 0.2) is 24.3 Å². The molecule has 2 rings (SSSR count). The van der Waals surface area contributed by atoms with Crippen LogP contribution in [0.5, 0.6) is 0 Å². The summed E-state index contributed by atoms with van der Waals surface area (Å²) < 4.78 is 0. The molecule has 0 aliphatic heterocycles. The Bertz CT molecular complexity index is 498. The van der Waals surface area contributed by atoms with Crippen LogP contribution in [-0.2, 0) is 11.2 Å². The molecule has 0 saturated heterocycles. The van der Waals surface area contributed by atoms with Crippen molar-refractivity contribution in [2.45, 2.75) is 64.8 Å². The van der Waals surface area contributed by atoms with Crippen LogP contribution >= 0.6 is 12.4 Å². The second-order valence-corrected chi connectivity index (χ2v) is 7.04. The van der Waals surface area contributed by atoms with Crippen molar-refractivity contribution in [1.82, 2.24) is 5.32 Å². The minimum Gasteiger partial charge on any atom is -0.353 e. The normalized spacial score (nSPS) is 17.9. The molecular formula is C19H31ClN2O. The van der Waals surface area contributed by atoms with Gasteiger partial charge in [0.1, 0.15) is 0 Å². The third-order valence-corrected chi connectivity index (χ3v) is 5.08. The number of aryl methyl sites for hydroxylation is 1. The predicted octanol–water partition coefficient (Wildman–Crippen LogP) is 3.76. The Labute approximate surface area is 146 Å². The van der Waals surface area contributed by atoms with E-state index in [9.17, 15) is 4.79 Å². The number of amides is 1. The standard InChI is InChI=1S/C19H30N2O.ClH/c1-15-8-4-5-9-17(15)12-16(2)21-18(22)13-19(14-20)10-6-3-7-11-19;/h4-5,8-9,16H,3,6-7,10-14,20H2,1-2H3,(H,21,22);1H. The van der Waals surface area contributed by atoms with Crippen LogP contribution in [0.25, 0.3) is 0 Å². The van der Waals surface area contributed by atoms with Crippen molar-refractivity contribution >= 4 is 18.3 Å². The number of hydrogen-bond donors (Lipinski definition) is 2. The van der Waals surface area contributed by atoms with E-state index in [1.165, 1.54) is 30.4 Å². The average molecular weight is 339 g/mol. The highest BCUT2D eigenvalue weighted by molar-refractivity contribution is 5.85. The van der Waals surface area contributed by atoms with Gasteiger partial charge in [0.25, 0.3) is 0 Å². The largest absolute Gasteiger partial charge is 0.353 e. The molecule has 1 aliphatic carbocycles. The zero-order valence-corrected chi connectivity index (χ0v) is 15.3. The summed E-state index contributed by atoms with van der Waals surface area (Å²) in [5.74, 6) is 0.161. The van der Waals surface area contributed by atoms with Gasteiger partial charge >= 0.3 is 0 Å². The molecule has 1 aromatic carbocycles. The molecule has 130 valence electrons. The molecule has 0 radical (unpaired) electrons. The van der Waals surface area contributed by atoms with E-state index in [-0.39, 0.29) is 29.8 Å². The summed E-state index contributed by atoms with van der Waals surface area (Å²) in [5.41, 5.74) is 8.62. The first kappa shape index (κ1) is 20.0. The Balaban J connectivity index is 0.00000264. The lowest BCUT2D eigenvalue weighted by Crippen LogP contribution is -2.41. The molecule has 4 heteroatoms. The highest BCUT2D eigenvalue weighted by atomic mass is 35.5. The van der Waals surface area contributed by atoms with Crippen molar-refractivity contribution in [1.29, 1.82) is 0 Å². The number of hydrogen-bond acceptors (Lipinski definition) is 2. The van der Waals surface area contributed by atoms with Crippen LogP contribution in [0.4, 0.5) is 0 Å². The minimum atomic E-state index is 0. The van der Waals surface area contributed by atoms with Crippen molar-refractivity contribution in [3.8, 4) is 0 Å². The summed E-state index contributed by atoms with van der Waals surface area (Å²) in [6.07, 6.45) is 7.38. The van der Waals surface area contributed by atoms with Gasteiger partial charge in [-0.2, -0.15) is 0 Å². The third kappa shape index (κ3) is 5.82. The molecule has 1 atom stereocenters. The van der Waals surface area contributed by atoms with Gasteiger partial charge < -0.3 is 11.1 Å². The Morgan fingerprint density at radius 2 is 1.91 bits per heavy atom. The van der Waals surface area contributed by atoms with E-state index < -0.39 is 0 Å². The molecule has 3 nitrogen and oxygen atoms in total. The van der Waals surface area contributed by atoms with Crippen LogP contribution in [0.1, 0.15) is 56.6 Å². The second kappa shape index (κ2) is 9.29. The molecule has 1 unspecified atom stereocenters. The van der Waals surface area contributed by atoms with Crippen LogP contribution < -0.4 is 11.1 Å². The van der Waals surface area contributed by atoms with Gasteiger partial charge in [0.05, 0.1) is 0 Å². The van der Waals surface area contributed by atoms with Gasteiger partial charge in [0.15, 0.2) is 0 Å². The van der Waals surface area contributed by atoms with Gasteiger partial charge in [-0.25, -0.2) is 0 Å². The SMILES string of the molecule is Cc1ccccc1CC(C)NC(=O)CC1(CN)CCCCC1.Cl. The number of benzene rings is 1. The van der Waals surface area contributed by atoms with Gasteiger partial charge in [0.2, 0.25) is 5.91 Å². The summed E-state index contributed by atoms with van der Waals surface area (Å²) in [4.78, 5) is 12.4. The van der Waals surface area contributed by atoms with E-state index in [1.807, 2.05) is 0 Å². The molecule has 1 saturated carbocycles. The number of halogens is 1. The van der Waals surface area contributed by atoms with Crippen molar-refractivity contribution in [2.24, 2.45) is 11.1 Å². The molecule has 3 N–H and O–H groups in total. The highest BCUT2D eigenvalue weighted by Gasteiger charge is 2.33. The maximum atomic E-state index is 12.4. The molecule has 1 aliphatic rings. The quantitative estimate of drug-likeness (QED) is 0.829. The zero-order chi connectivity index (χ0) is 16.0. The monoisotopic (exact) mass is 338 g/mol.